The average Bonchev–Trinajstić information content (AvgIpc) is 3.58. The van der Waals surface area contributed by atoms with Crippen molar-refractivity contribution in [2.24, 2.45) is 0 Å². The van der Waals surface area contributed by atoms with Crippen LogP contribution < -0.4 is 5.56 Å². The minimum Gasteiger partial charge on any atom is -0.467 e. The summed E-state index contributed by atoms with van der Waals surface area (Å²) < 4.78 is 7.43. The van der Waals surface area contributed by atoms with E-state index < -0.39 is 0 Å². The lowest BCUT2D eigenvalue weighted by molar-refractivity contribution is 0.0811. The molecule has 5 rings (SSSR count). The molecule has 36 heavy (non-hydrogen) atoms. The fourth-order valence-corrected chi connectivity index (χ4v) is 5.62. The maximum absolute atomic E-state index is 13.3. The first-order valence-electron chi connectivity index (χ1n) is 13.2. The van der Waals surface area contributed by atoms with E-state index in [-0.39, 0.29) is 11.6 Å². The summed E-state index contributed by atoms with van der Waals surface area (Å²) in [6.07, 6.45) is 9.54. The molecular formula is C28H36N6O2. The van der Waals surface area contributed by atoms with E-state index in [2.05, 4.69) is 64.4 Å². The van der Waals surface area contributed by atoms with Crippen LogP contribution in [0.5, 0.6) is 0 Å². The number of aryl methyl sites for hydroxylation is 2. The summed E-state index contributed by atoms with van der Waals surface area (Å²) in [5.41, 5.74) is 4.02. The average molecular weight is 489 g/mol. The molecule has 190 valence electrons. The first-order chi connectivity index (χ1) is 17.5. The molecule has 0 unspecified atom stereocenters. The molecule has 1 aliphatic rings. The molecule has 0 aliphatic heterocycles. The third-order valence-electron chi connectivity index (χ3n) is 7.73. The zero-order valence-electron chi connectivity index (χ0n) is 21.5. The Kier molecular flexibility index (Phi) is 7.32. The number of furan rings is 1. The zero-order chi connectivity index (χ0) is 25.1. The topological polar surface area (TPSA) is 92.8 Å². The van der Waals surface area contributed by atoms with Gasteiger partial charge < -0.3 is 9.40 Å². The normalized spacial score (nSPS) is 15.7. The standard InChI is InChI=1S/C28H36N6O2/c1-4-9-25(27-30-31-32-34(27)18-24-12-8-15-36-24)33(23-10-6-5-7-11-23)17-22-16-21-14-13-19(2)20(3)26(21)29-28(22)35/h8,12-16,23,25H,4-7,9-11,17-18H2,1-3H3,(H,29,35)/t25-/m1/s1. The first-order valence-corrected chi connectivity index (χ1v) is 13.2. The van der Waals surface area contributed by atoms with Crippen LogP contribution in [0.25, 0.3) is 10.9 Å². The summed E-state index contributed by atoms with van der Waals surface area (Å²) in [6.45, 7) is 7.40. The van der Waals surface area contributed by atoms with Crippen molar-refractivity contribution in [3.63, 3.8) is 0 Å². The fourth-order valence-electron chi connectivity index (χ4n) is 5.62. The number of rotatable bonds is 9. The second kappa shape index (κ2) is 10.8. The number of tetrazole rings is 1. The number of aromatic amines is 1. The molecule has 3 aromatic heterocycles. The van der Waals surface area contributed by atoms with Crippen LogP contribution in [0.3, 0.4) is 0 Å². The van der Waals surface area contributed by atoms with E-state index in [4.69, 9.17) is 4.42 Å². The minimum atomic E-state index is -0.0116. The van der Waals surface area contributed by atoms with Crippen molar-refractivity contribution in [3.8, 4) is 0 Å². The summed E-state index contributed by atoms with van der Waals surface area (Å²) in [6, 6.07) is 10.5. The summed E-state index contributed by atoms with van der Waals surface area (Å²) in [5, 5.41) is 13.9. The maximum atomic E-state index is 13.3. The quantitative estimate of drug-likeness (QED) is 0.337. The van der Waals surface area contributed by atoms with Crippen molar-refractivity contribution in [2.75, 3.05) is 0 Å². The third kappa shape index (κ3) is 5.00. The van der Waals surface area contributed by atoms with Gasteiger partial charge in [-0.15, -0.1) is 5.10 Å². The molecule has 0 amide bonds. The van der Waals surface area contributed by atoms with Crippen LogP contribution in [0, 0.1) is 13.8 Å². The van der Waals surface area contributed by atoms with Crippen LogP contribution in [-0.4, -0.2) is 36.1 Å². The molecule has 1 aromatic carbocycles. The molecule has 3 heterocycles. The minimum absolute atomic E-state index is 0.0116. The zero-order valence-corrected chi connectivity index (χ0v) is 21.5. The summed E-state index contributed by atoms with van der Waals surface area (Å²) >= 11 is 0. The lowest BCUT2D eigenvalue weighted by Gasteiger charge is -2.39. The summed E-state index contributed by atoms with van der Waals surface area (Å²) in [7, 11) is 0. The van der Waals surface area contributed by atoms with Gasteiger partial charge in [0.25, 0.3) is 5.56 Å². The van der Waals surface area contributed by atoms with Gasteiger partial charge in [0.2, 0.25) is 0 Å². The van der Waals surface area contributed by atoms with E-state index in [1.165, 1.54) is 24.8 Å². The summed E-state index contributed by atoms with van der Waals surface area (Å²) in [5.74, 6) is 1.65. The van der Waals surface area contributed by atoms with E-state index in [0.717, 1.165) is 59.3 Å². The highest BCUT2D eigenvalue weighted by molar-refractivity contribution is 5.83. The Morgan fingerprint density at radius 2 is 2.03 bits per heavy atom. The molecular weight excluding hydrogens is 452 g/mol. The molecule has 1 fully saturated rings. The van der Waals surface area contributed by atoms with Crippen LogP contribution in [-0.2, 0) is 13.1 Å². The number of aromatic nitrogens is 5. The fraction of sp³-hybridized carbons (Fsp3) is 0.500. The number of hydrogen-bond donors (Lipinski definition) is 1. The van der Waals surface area contributed by atoms with Crippen LogP contribution >= 0.6 is 0 Å². The Hall–Kier alpha value is -3.26. The van der Waals surface area contributed by atoms with Crippen LogP contribution in [0.2, 0.25) is 0 Å². The Morgan fingerprint density at radius 3 is 2.78 bits per heavy atom. The number of fused-ring (bicyclic) bond motifs is 1. The highest BCUT2D eigenvalue weighted by atomic mass is 16.3. The smallest absolute Gasteiger partial charge is 0.252 e. The second-order valence-corrected chi connectivity index (χ2v) is 10.1. The lowest BCUT2D eigenvalue weighted by Crippen LogP contribution is -2.41. The van der Waals surface area contributed by atoms with Crippen molar-refractivity contribution in [1.29, 1.82) is 0 Å². The third-order valence-corrected chi connectivity index (χ3v) is 7.73. The SMILES string of the molecule is CCC[C@H](c1nnnn1Cc1ccco1)N(Cc1cc2ccc(C)c(C)c2[nH]c1=O)C1CCCCC1. The number of benzene rings is 1. The van der Waals surface area contributed by atoms with Gasteiger partial charge in [0.15, 0.2) is 5.82 Å². The number of hydrogen-bond acceptors (Lipinski definition) is 6. The Balaban J connectivity index is 1.53. The van der Waals surface area contributed by atoms with E-state index >= 15 is 0 Å². The van der Waals surface area contributed by atoms with Crippen molar-refractivity contribution in [1.82, 2.24) is 30.1 Å². The molecule has 4 aromatic rings. The predicted octanol–water partition coefficient (Wildman–Crippen LogP) is 5.45. The number of H-pyrrole nitrogens is 1. The maximum Gasteiger partial charge on any atom is 0.252 e. The van der Waals surface area contributed by atoms with E-state index in [9.17, 15) is 4.79 Å². The molecule has 1 aliphatic carbocycles. The van der Waals surface area contributed by atoms with Crippen LogP contribution in [0.4, 0.5) is 0 Å². The van der Waals surface area contributed by atoms with Crippen LogP contribution in [0.15, 0.2) is 45.8 Å². The molecule has 8 heteroatoms. The first kappa shape index (κ1) is 24.4. The van der Waals surface area contributed by atoms with Gasteiger partial charge in [-0.25, -0.2) is 4.68 Å². The molecule has 0 saturated heterocycles. The van der Waals surface area contributed by atoms with Crippen molar-refractivity contribution in [2.45, 2.75) is 90.9 Å². The van der Waals surface area contributed by atoms with Gasteiger partial charge in [-0.1, -0.05) is 44.7 Å². The highest BCUT2D eigenvalue weighted by Crippen LogP contribution is 2.34. The van der Waals surface area contributed by atoms with E-state index in [1.54, 1.807) is 6.26 Å². The molecule has 1 atom stereocenters. The van der Waals surface area contributed by atoms with Crippen LogP contribution in [0.1, 0.15) is 86.2 Å². The molecule has 1 saturated carbocycles. The van der Waals surface area contributed by atoms with Gasteiger partial charge in [0.1, 0.15) is 12.3 Å². The largest absolute Gasteiger partial charge is 0.467 e. The summed E-state index contributed by atoms with van der Waals surface area (Å²) in [4.78, 5) is 19.0. The van der Waals surface area contributed by atoms with E-state index in [1.807, 2.05) is 16.8 Å². The van der Waals surface area contributed by atoms with Gasteiger partial charge in [-0.05, 0) is 78.2 Å². The highest BCUT2D eigenvalue weighted by Gasteiger charge is 2.32. The van der Waals surface area contributed by atoms with Gasteiger partial charge in [-0.3, -0.25) is 9.69 Å². The van der Waals surface area contributed by atoms with Gasteiger partial charge in [0.05, 0.1) is 17.8 Å². The van der Waals surface area contributed by atoms with E-state index in [0.29, 0.717) is 19.1 Å². The molecule has 0 radical (unpaired) electrons. The second-order valence-electron chi connectivity index (χ2n) is 10.1. The van der Waals surface area contributed by atoms with Gasteiger partial charge in [0, 0.05) is 18.2 Å². The molecule has 8 nitrogen and oxygen atoms in total. The van der Waals surface area contributed by atoms with Crippen molar-refractivity contribution in [3.05, 3.63) is 75.2 Å². The molecule has 0 spiro atoms. The molecule has 1 N–H and O–H groups in total. The number of pyridine rings is 1. The number of nitrogens with zero attached hydrogens (tertiary/aromatic N) is 5. The van der Waals surface area contributed by atoms with Crippen molar-refractivity contribution >= 4 is 10.9 Å². The Morgan fingerprint density at radius 1 is 1.19 bits per heavy atom. The van der Waals surface area contributed by atoms with Crippen molar-refractivity contribution < 1.29 is 4.42 Å². The van der Waals surface area contributed by atoms with Gasteiger partial charge in [-0.2, -0.15) is 0 Å². The monoisotopic (exact) mass is 488 g/mol. The number of nitrogens with one attached hydrogen (secondary N) is 1. The van der Waals surface area contributed by atoms with Gasteiger partial charge >= 0.3 is 0 Å². The Bertz CT molecular complexity index is 1350. The predicted molar refractivity (Wildman–Crippen MR) is 140 cm³/mol. The Labute approximate surface area is 211 Å². The molecule has 0 bridgehead atoms. The lowest BCUT2D eigenvalue weighted by atomic mass is 9.91.